The average molecular weight is 411 g/mol. The zero-order chi connectivity index (χ0) is 20.6. The normalized spacial score (nSPS) is 20.9. The summed E-state index contributed by atoms with van der Waals surface area (Å²) >= 11 is 0. The Morgan fingerprint density at radius 1 is 1.07 bits per heavy atom. The lowest BCUT2D eigenvalue weighted by Crippen LogP contribution is -2.36. The van der Waals surface area contributed by atoms with Crippen molar-refractivity contribution in [2.75, 3.05) is 19.0 Å². The van der Waals surface area contributed by atoms with Crippen molar-refractivity contribution in [3.05, 3.63) is 29.8 Å². The maximum Gasteiger partial charge on any atom is 0.155 e. The molecule has 0 N–H and O–H groups in total. The van der Waals surface area contributed by atoms with E-state index in [9.17, 15) is 8.42 Å². The molecule has 1 aliphatic carbocycles. The molecule has 1 aliphatic rings. The van der Waals surface area contributed by atoms with E-state index in [1.807, 2.05) is 45.9 Å². The van der Waals surface area contributed by atoms with E-state index >= 15 is 0 Å². The van der Waals surface area contributed by atoms with Crippen LogP contribution in [0.4, 0.5) is 0 Å². The van der Waals surface area contributed by atoms with E-state index in [1.54, 1.807) is 0 Å². The quantitative estimate of drug-likeness (QED) is 0.458. The molecule has 5 heteroatoms. The first-order valence-electron chi connectivity index (χ1n) is 10.8. The van der Waals surface area contributed by atoms with Gasteiger partial charge < -0.3 is 9.47 Å². The fraction of sp³-hybridized carbons (Fsp3) is 0.739. The molecule has 1 saturated carbocycles. The van der Waals surface area contributed by atoms with Crippen molar-refractivity contribution in [3.63, 3.8) is 0 Å². The van der Waals surface area contributed by atoms with Gasteiger partial charge in [0.15, 0.2) is 9.84 Å². The minimum atomic E-state index is -3.02. The molecule has 0 spiro atoms. The minimum Gasteiger partial charge on any atom is -0.494 e. The minimum absolute atomic E-state index is 0.328. The zero-order valence-corrected chi connectivity index (χ0v) is 18.9. The molecule has 2 rings (SSSR count). The summed E-state index contributed by atoms with van der Waals surface area (Å²) < 4.78 is 36.0. The van der Waals surface area contributed by atoms with Crippen molar-refractivity contribution in [3.8, 4) is 5.75 Å². The summed E-state index contributed by atoms with van der Waals surface area (Å²) in [6, 6.07) is 8.06. The van der Waals surface area contributed by atoms with E-state index in [4.69, 9.17) is 9.47 Å². The Hall–Kier alpha value is -1.07. The largest absolute Gasteiger partial charge is 0.494 e. The third-order valence-corrected chi connectivity index (χ3v) is 9.15. The first-order valence-corrected chi connectivity index (χ1v) is 12.4. The summed E-state index contributed by atoms with van der Waals surface area (Å²) in [5, 5.41) is 0. The van der Waals surface area contributed by atoms with Crippen LogP contribution in [-0.4, -0.2) is 32.1 Å². The molecule has 0 aromatic heterocycles. The molecule has 0 heterocycles. The number of ether oxygens (including phenoxy) is 2. The molecule has 0 saturated heterocycles. The lowest BCUT2D eigenvalue weighted by Gasteiger charge is -2.31. The topological polar surface area (TPSA) is 52.6 Å². The van der Waals surface area contributed by atoms with Crippen LogP contribution in [0.1, 0.15) is 71.8 Å². The highest BCUT2D eigenvalue weighted by atomic mass is 32.2. The molecule has 160 valence electrons. The van der Waals surface area contributed by atoms with Gasteiger partial charge in [0.2, 0.25) is 0 Å². The van der Waals surface area contributed by atoms with Crippen molar-refractivity contribution in [2.45, 2.75) is 77.6 Å². The van der Waals surface area contributed by atoms with Gasteiger partial charge in [-0.05, 0) is 76.0 Å². The Kier molecular flexibility index (Phi) is 8.81. The summed E-state index contributed by atoms with van der Waals surface area (Å²) in [6.07, 6.45) is 6.03. The van der Waals surface area contributed by atoms with Crippen molar-refractivity contribution < 1.29 is 17.9 Å². The number of hydrogen-bond donors (Lipinski definition) is 0. The van der Waals surface area contributed by atoms with Gasteiger partial charge in [0.25, 0.3) is 0 Å². The van der Waals surface area contributed by atoms with E-state index in [1.165, 1.54) is 0 Å². The number of hydrogen-bond acceptors (Lipinski definition) is 4. The van der Waals surface area contributed by atoms with Crippen LogP contribution in [-0.2, 0) is 21.2 Å². The molecular formula is C23H38O4S. The van der Waals surface area contributed by atoms with Gasteiger partial charge in [-0.15, -0.1) is 0 Å². The second-order valence-corrected chi connectivity index (χ2v) is 11.4. The molecule has 0 amide bonds. The molecule has 1 fully saturated rings. The van der Waals surface area contributed by atoms with Crippen LogP contribution in [0.5, 0.6) is 5.75 Å². The van der Waals surface area contributed by atoms with Crippen LogP contribution in [0.15, 0.2) is 24.3 Å². The molecular weight excluding hydrogens is 372 g/mol. The van der Waals surface area contributed by atoms with Gasteiger partial charge >= 0.3 is 0 Å². The molecule has 28 heavy (non-hydrogen) atoms. The van der Waals surface area contributed by atoms with E-state index in [0.717, 1.165) is 50.0 Å². The Balaban J connectivity index is 1.67. The van der Waals surface area contributed by atoms with Crippen molar-refractivity contribution in [1.82, 2.24) is 0 Å². The lowest BCUT2D eigenvalue weighted by molar-refractivity contribution is 0.0986. The standard InChI is InChI=1S/C23H38O4S/c1-5-23(3,4)28(24,25)18-20-12-10-19(11-13-20)14-15-26-17-21-8-7-9-22(16-21)27-6-2/h7-9,16,19-20H,5-6,10-15,17-18H2,1-4H3. The fourth-order valence-corrected chi connectivity index (χ4v) is 5.62. The predicted octanol–water partition coefficient (Wildman–Crippen LogP) is 5.40. The van der Waals surface area contributed by atoms with Gasteiger partial charge in [-0.1, -0.05) is 31.9 Å². The molecule has 4 nitrogen and oxygen atoms in total. The molecule has 1 aromatic carbocycles. The number of benzene rings is 1. The monoisotopic (exact) mass is 410 g/mol. The maximum absolute atomic E-state index is 12.6. The van der Waals surface area contributed by atoms with Gasteiger partial charge in [0, 0.05) is 6.61 Å². The van der Waals surface area contributed by atoms with Crippen molar-refractivity contribution in [1.29, 1.82) is 0 Å². The van der Waals surface area contributed by atoms with E-state index in [-0.39, 0.29) is 0 Å². The summed E-state index contributed by atoms with van der Waals surface area (Å²) in [5.74, 6) is 2.23. The fourth-order valence-electron chi connectivity index (χ4n) is 3.77. The maximum atomic E-state index is 12.6. The Bertz CT molecular complexity index is 688. The third kappa shape index (κ3) is 6.77. The second-order valence-electron chi connectivity index (χ2n) is 8.70. The smallest absolute Gasteiger partial charge is 0.155 e. The molecule has 0 aliphatic heterocycles. The second kappa shape index (κ2) is 10.6. The van der Waals surface area contributed by atoms with Gasteiger partial charge in [-0.2, -0.15) is 0 Å². The van der Waals surface area contributed by atoms with Crippen molar-refractivity contribution in [2.24, 2.45) is 11.8 Å². The predicted molar refractivity (Wildman–Crippen MR) is 115 cm³/mol. The first-order chi connectivity index (χ1) is 13.3. The van der Waals surface area contributed by atoms with E-state index in [2.05, 4.69) is 6.07 Å². The van der Waals surface area contributed by atoms with E-state index < -0.39 is 14.6 Å². The number of rotatable bonds is 11. The zero-order valence-electron chi connectivity index (χ0n) is 18.1. The SMILES string of the molecule is CCOc1cccc(COCCC2CCC(CS(=O)(=O)C(C)(C)CC)CC2)c1. The van der Waals surface area contributed by atoms with Crippen LogP contribution in [0.3, 0.4) is 0 Å². The van der Waals surface area contributed by atoms with Crippen LogP contribution in [0, 0.1) is 11.8 Å². The van der Waals surface area contributed by atoms with Crippen LogP contribution in [0.2, 0.25) is 0 Å². The summed E-state index contributed by atoms with van der Waals surface area (Å²) in [7, 11) is -3.02. The van der Waals surface area contributed by atoms with Gasteiger partial charge in [-0.25, -0.2) is 8.42 Å². The molecule has 0 radical (unpaired) electrons. The Morgan fingerprint density at radius 3 is 2.39 bits per heavy atom. The van der Waals surface area contributed by atoms with Crippen LogP contribution >= 0.6 is 0 Å². The van der Waals surface area contributed by atoms with Crippen LogP contribution in [0.25, 0.3) is 0 Å². The summed E-state index contributed by atoms with van der Waals surface area (Å²) in [4.78, 5) is 0. The van der Waals surface area contributed by atoms with Gasteiger partial charge in [-0.3, -0.25) is 0 Å². The van der Waals surface area contributed by atoms with Gasteiger partial charge in [0.1, 0.15) is 5.75 Å². The molecule has 0 atom stereocenters. The van der Waals surface area contributed by atoms with Gasteiger partial charge in [0.05, 0.1) is 23.7 Å². The lowest BCUT2D eigenvalue weighted by atomic mass is 9.81. The van der Waals surface area contributed by atoms with Crippen LogP contribution < -0.4 is 4.74 Å². The Morgan fingerprint density at radius 2 is 1.75 bits per heavy atom. The summed E-state index contributed by atoms with van der Waals surface area (Å²) in [6.45, 7) is 9.70. The molecule has 0 bridgehead atoms. The highest BCUT2D eigenvalue weighted by Gasteiger charge is 2.35. The number of sulfone groups is 1. The molecule has 1 aromatic rings. The highest BCUT2D eigenvalue weighted by Crippen LogP contribution is 2.34. The van der Waals surface area contributed by atoms with E-state index in [0.29, 0.717) is 37.2 Å². The summed E-state index contributed by atoms with van der Waals surface area (Å²) in [5.41, 5.74) is 1.14. The van der Waals surface area contributed by atoms with Crippen molar-refractivity contribution >= 4 is 9.84 Å². The first kappa shape index (κ1) is 23.2. The average Bonchev–Trinajstić information content (AvgIpc) is 2.67. The molecule has 0 unspecified atom stereocenters. The highest BCUT2D eigenvalue weighted by molar-refractivity contribution is 7.92. The third-order valence-electron chi connectivity index (χ3n) is 6.26. The Labute approximate surface area is 171 Å².